The maximum atomic E-state index is 12.1. The fourth-order valence-corrected chi connectivity index (χ4v) is 3.63. The van der Waals surface area contributed by atoms with Gasteiger partial charge in [0.25, 0.3) is 0 Å². The molecule has 0 radical (unpaired) electrons. The molecule has 0 bridgehead atoms. The molecule has 1 aliphatic heterocycles. The van der Waals surface area contributed by atoms with Gasteiger partial charge in [0.1, 0.15) is 0 Å². The van der Waals surface area contributed by atoms with Gasteiger partial charge in [-0.1, -0.05) is 30.3 Å². The van der Waals surface area contributed by atoms with Crippen molar-refractivity contribution >= 4 is 21.7 Å². The summed E-state index contributed by atoms with van der Waals surface area (Å²) in [6.07, 6.45) is 5.33. The lowest BCUT2D eigenvalue weighted by Gasteiger charge is -2.15. The molecule has 7 heteroatoms. The van der Waals surface area contributed by atoms with Gasteiger partial charge in [-0.3, -0.25) is 4.72 Å². The predicted molar refractivity (Wildman–Crippen MR) is 86.2 cm³/mol. The van der Waals surface area contributed by atoms with Gasteiger partial charge in [0, 0.05) is 13.1 Å². The third kappa shape index (κ3) is 3.73. The minimum Gasteiger partial charge on any atom is -0.341 e. The van der Waals surface area contributed by atoms with Crippen LogP contribution >= 0.6 is 0 Å². The molecule has 22 heavy (non-hydrogen) atoms. The van der Waals surface area contributed by atoms with Crippen LogP contribution in [0.25, 0.3) is 0 Å². The van der Waals surface area contributed by atoms with E-state index in [1.54, 1.807) is 12.1 Å². The Morgan fingerprint density at radius 3 is 2.32 bits per heavy atom. The first-order chi connectivity index (χ1) is 10.6. The fraction of sp³-hybridized carbons (Fsp3) is 0.333. The number of benzene rings is 1. The van der Waals surface area contributed by atoms with Crippen LogP contribution in [0.2, 0.25) is 0 Å². The van der Waals surface area contributed by atoms with E-state index in [0.29, 0.717) is 11.6 Å². The zero-order chi connectivity index (χ0) is 15.4. The normalized spacial score (nSPS) is 15.0. The lowest BCUT2D eigenvalue weighted by atomic mass is 10.2. The summed E-state index contributed by atoms with van der Waals surface area (Å²) in [5, 5.41) is 0. The second-order valence-corrected chi connectivity index (χ2v) is 7.03. The third-order valence-corrected chi connectivity index (χ3v) is 4.76. The van der Waals surface area contributed by atoms with Crippen LogP contribution in [0, 0.1) is 0 Å². The number of rotatable bonds is 5. The Morgan fingerprint density at radius 2 is 1.68 bits per heavy atom. The molecule has 0 unspecified atom stereocenters. The number of nitrogens with zero attached hydrogens (tertiary/aromatic N) is 3. The molecule has 1 N–H and O–H groups in total. The molecule has 0 atom stereocenters. The minimum absolute atomic E-state index is 0.0677. The Bertz CT molecular complexity index is 711. The average molecular weight is 318 g/mol. The second-order valence-electron chi connectivity index (χ2n) is 5.31. The molecule has 1 aromatic heterocycles. The van der Waals surface area contributed by atoms with E-state index in [0.717, 1.165) is 31.5 Å². The van der Waals surface area contributed by atoms with Gasteiger partial charge in [-0.25, -0.2) is 18.4 Å². The summed E-state index contributed by atoms with van der Waals surface area (Å²) in [6, 6.07) is 9.06. The summed E-state index contributed by atoms with van der Waals surface area (Å²) in [5.74, 6) is 0.588. The first-order valence-electron chi connectivity index (χ1n) is 7.24. The average Bonchev–Trinajstić information content (AvgIpc) is 3.02. The molecule has 0 aliphatic carbocycles. The van der Waals surface area contributed by atoms with Crippen molar-refractivity contribution in [3.8, 4) is 0 Å². The number of aromatic nitrogens is 2. The lowest BCUT2D eigenvalue weighted by molar-refractivity contribution is 0.600. The van der Waals surface area contributed by atoms with E-state index in [4.69, 9.17) is 0 Å². The van der Waals surface area contributed by atoms with E-state index < -0.39 is 10.0 Å². The van der Waals surface area contributed by atoms with Crippen LogP contribution in [0.15, 0.2) is 42.7 Å². The smallest absolute Gasteiger partial charge is 0.237 e. The summed E-state index contributed by atoms with van der Waals surface area (Å²) in [6.45, 7) is 1.91. The third-order valence-electron chi connectivity index (χ3n) is 3.50. The van der Waals surface area contributed by atoms with E-state index in [1.165, 1.54) is 12.4 Å². The van der Waals surface area contributed by atoms with Crippen LogP contribution in [0.1, 0.15) is 18.4 Å². The molecule has 1 aromatic carbocycles. The molecular formula is C15H18N4O2S. The molecule has 1 saturated heterocycles. The van der Waals surface area contributed by atoms with Crippen LogP contribution < -0.4 is 9.62 Å². The number of sulfonamides is 1. The van der Waals surface area contributed by atoms with Gasteiger partial charge in [-0.2, -0.15) is 0 Å². The zero-order valence-corrected chi connectivity index (χ0v) is 13.0. The van der Waals surface area contributed by atoms with E-state index in [2.05, 4.69) is 19.6 Å². The van der Waals surface area contributed by atoms with Crippen LogP contribution in [0.4, 0.5) is 11.6 Å². The molecule has 2 aromatic rings. The first kappa shape index (κ1) is 14.8. The highest BCUT2D eigenvalue weighted by Crippen LogP contribution is 2.17. The molecule has 3 rings (SSSR count). The summed E-state index contributed by atoms with van der Waals surface area (Å²) >= 11 is 0. The van der Waals surface area contributed by atoms with Crippen molar-refractivity contribution < 1.29 is 8.42 Å². The SMILES string of the molecule is O=S(=O)(Cc1ccccc1)Nc1cnc(N2CCCC2)nc1. The van der Waals surface area contributed by atoms with E-state index >= 15 is 0 Å². The molecule has 0 saturated carbocycles. The second kappa shape index (κ2) is 6.31. The highest BCUT2D eigenvalue weighted by atomic mass is 32.2. The van der Waals surface area contributed by atoms with Crippen LogP contribution in [0.3, 0.4) is 0 Å². The summed E-state index contributed by atoms with van der Waals surface area (Å²) in [7, 11) is -3.46. The highest BCUT2D eigenvalue weighted by Gasteiger charge is 2.16. The van der Waals surface area contributed by atoms with Crippen molar-refractivity contribution in [3.05, 3.63) is 48.3 Å². The Labute approximate surface area is 130 Å². The standard InChI is InChI=1S/C15H18N4O2S/c20-22(21,12-13-6-2-1-3-7-13)18-14-10-16-15(17-11-14)19-8-4-5-9-19/h1-3,6-7,10-11,18H,4-5,8-9,12H2. The fourth-order valence-electron chi connectivity index (χ4n) is 2.46. The van der Waals surface area contributed by atoms with E-state index in [9.17, 15) is 8.42 Å². The Morgan fingerprint density at radius 1 is 1.05 bits per heavy atom. The number of anilines is 2. The lowest BCUT2D eigenvalue weighted by Crippen LogP contribution is -2.21. The topological polar surface area (TPSA) is 75.2 Å². The molecule has 0 spiro atoms. The van der Waals surface area contributed by atoms with Crippen molar-refractivity contribution in [2.45, 2.75) is 18.6 Å². The van der Waals surface area contributed by atoms with E-state index in [-0.39, 0.29) is 5.75 Å². The van der Waals surface area contributed by atoms with Crippen molar-refractivity contribution in [1.29, 1.82) is 0 Å². The van der Waals surface area contributed by atoms with Crippen molar-refractivity contribution in [2.24, 2.45) is 0 Å². The van der Waals surface area contributed by atoms with E-state index in [1.807, 2.05) is 18.2 Å². The number of hydrogen-bond acceptors (Lipinski definition) is 5. The van der Waals surface area contributed by atoms with Crippen molar-refractivity contribution in [2.75, 3.05) is 22.7 Å². The van der Waals surface area contributed by atoms with Gasteiger partial charge < -0.3 is 4.90 Å². The Hall–Kier alpha value is -2.15. The molecule has 0 amide bonds. The molecular weight excluding hydrogens is 300 g/mol. The van der Waals surface area contributed by atoms with Gasteiger partial charge in [0.15, 0.2) is 0 Å². The van der Waals surface area contributed by atoms with Gasteiger partial charge >= 0.3 is 0 Å². The monoisotopic (exact) mass is 318 g/mol. The molecule has 1 aliphatic rings. The van der Waals surface area contributed by atoms with Gasteiger partial charge in [0.2, 0.25) is 16.0 Å². The Balaban J connectivity index is 1.67. The zero-order valence-electron chi connectivity index (χ0n) is 12.1. The number of nitrogens with one attached hydrogen (secondary N) is 1. The van der Waals surface area contributed by atoms with Gasteiger partial charge in [0.05, 0.1) is 23.8 Å². The largest absolute Gasteiger partial charge is 0.341 e. The maximum Gasteiger partial charge on any atom is 0.237 e. The van der Waals surface area contributed by atoms with Crippen LogP contribution in [-0.2, 0) is 15.8 Å². The van der Waals surface area contributed by atoms with Gasteiger partial charge in [-0.05, 0) is 18.4 Å². The first-order valence-corrected chi connectivity index (χ1v) is 8.89. The molecule has 1 fully saturated rings. The molecule has 2 heterocycles. The Kier molecular flexibility index (Phi) is 4.24. The van der Waals surface area contributed by atoms with Gasteiger partial charge in [-0.15, -0.1) is 0 Å². The predicted octanol–water partition coefficient (Wildman–Crippen LogP) is 2.02. The number of hydrogen-bond donors (Lipinski definition) is 1. The van der Waals surface area contributed by atoms with Crippen molar-refractivity contribution in [3.63, 3.8) is 0 Å². The molecule has 116 valence electrons. The van der Waals surface area contributed by atoms with Crippen LogP contribution in [0.5, 0.6) is 0 Å². The summed E-state index contributed by atoms with van der Waals surface area (Å²) < 4.78 is 26.8. The maximum absolute atomic E-state index is 12.1. The minimum atomic E-state index is -3.46. The van der Waals surface area contributed by atoms with Crippen molar-refractivity contribution in [1.82, 2.24) is 9.97 Å². The van der Waals surface area contributed by atoms with Crippen LogP contribution in [-0.4, -0.2) is 31.5 Å². The molecule has 6 nitrogen and oxygen atoms in total. The quantitative estimate of drug-likeness (QED) is 0.913. The summed E-state index contributed by atoms with van der Waals surface area (Å²) in [4.78, 5) is 10.6. The summed E-state index contributed by atoms with van der Waals surface area (Å²) in [5.41, 5.74) is 1.13. The highest BCUT2D eigenvalue weighted by molar-refractivity contribution is 7.91.